The second-order valence-corrected chi connectivity index (χ2v) is 24.2. The van der Waals surface area contributed by atoms with Crippen molar-refractivity contribution in [1.82, 2.24) is 30.7 Å². The molecule has 0 unspecified atom stereocenters. The highest BCUT2D eigenvalue weighted by atomic mass is 35.5. The molecule has 3 fully saturated rings. The molecule has 3 amide bonds. The molecule has 3 aliphatic heterocycles. The summed E-state index contributed by atoms with van der Waals surface area (Å²) in [5.74, 6) is -0.965. The van der Waals surface area contributed by atoms with E-state index in [9.17, 15) is 14.4 Å². The quantitative estimate of drug-likeness (QED) is 0.0663. The van der Waals surface area contributed by atoms with Gasteiger partial charge in [0, 0.05) is 87.3 Å². The van der Waals surface area contributed by atoms with Gasteiger partial charge in [0.25, 0.3) is 17.7 Å². The Bertz CT molecular complexity index is 2810. The van der Waals surface area contributed by atoms with Gasteiger partial charge in [-0.05, 0) is 185 Å². The highest BCUT2D eigenvalue weighted by Crippen LogP contribution is 2.38. The molecule has 420 valence electrons. The monoisotopic (exact) mass is 1140 g/mol. The van der Waals surface area contributed by atoms with E-state index >= 15 is 0 Å². The Morgan fingerprint density at radius 1 is 0.346 bits per heavy atom. The van der Waals surface area contributed by atoms with Gasteiger partial charge in [-0.25, -0.2) is 0 Å². The smallest absolute Gasteiger partial charge is 0.251 e. The normalized spacial score (nSPS) is 17.2. The van der Waals surface area contributed by atoms with Crippen molar-refractivity contribution in [2.75, 3.05) is 78.5 Å². The third kappa shape index (κ3) is 15.0. The fourth-order valence-corrected chi connectivity index (χ4v) is 13.0. The molecule has 0 aliphatic carbocycles. The molecule has 0 atom stereocenters. The predicted octanol–water partition coefficient (Wildman–Crippen LogP) is 12.7. The van der Waals surface area contributed by atoms with E-state index < -0.39 is 0 Å². The Balaban J connectivity index is 0.871. The average molecular weight is 1140 g/mol. The Morgan fingerprint density at radius 3 is 0.815 bits per heavy atom. The Morgan fingerprint density at radius 2 is 0.580 bits per heavy atom. The van der Waals surface area contributed by atoms with Crippen LogP contribution in [0, 0.1) is 0 Å². The summed E-state index contributed by atoms with van der Waals surface area (Å²) < 4.78 is 0. The largest absolute Gasteiger partial charge is 0.351 e. The third-order valence-corrected chi connectivity index (χ3v) is 18.7. The Hall–Kier alpha value is -6.30. The molecular weight excluding hydrogens is 1070 g/mol. The van der Waals surface area contributed by atoms with Crippen LogP contribution in [0.1, 0.15) is 103 Å². The number of benzene rings is 7. The number of hydrogen-bond donors (Lipinski definition) is 3. The number of hydrogen-bond acceptors (Lipinski definition) is 6. The van der Waals surface area contributed by atoms with E-state index in [1.165, 1.54) is 33.4 Å². The molecule has 0 saturated carbocycles. The third-order valence-electron chi connectivity index (χ3n) is 18.0. The molecule has 12 heteroatoms. The SMILES string of the molecule is O=C(NCC1(c2ccccc2)CCN(CCc2ccc(Cl)cc2)CC1)c1cc(C(=O)NCC2(c3ccccc3)CCN(CCc3ccc(Cl)cc3)CC2)cc(C(=O)NCC2(c3ccccc3)CCN(CCc3ccc(Cl)cc3)CC2)c1. The molecule has 0 radical (unpaired) electrons. The van der Waals surface area contributed by atoms with Gasteiger partial charge in [-0.15, -0.1) is 0 Å². The number of piperidine rings is 3. The van der Waals surface area contributed by atoms with Gasteiger partial charge in [-0.3, -0.25) is 14.4 Å². The van der Waals surface area contributed by atoms with E-state index in [2.05, 4.69) is 140 Å². The zero-order chi connectivity index (χ0) is 56.1. The number of carbonyl (C=O) groups excluding carboxylic acids is 3. The Labute approximate surface area is 494 Å². The number of halogens is 3. The lowest BCUT2D eigenvalue weighted by Crippen LogP contribution is -2.49. The van der Waals surface area contributed by atoms with Crippen molar-refractivity contribution in [2.24, 2.45) is 0 Å². The lowest BCUT2D eigenvalue weighted by Gasteiger charge is -2.42. The highest BCUT2D eigenvalue weighted by Gasteiger charge is 2.40. The van der Waals surface area contributed by atoms with Gasteiger partial charge in [0.1, 0.15) is 0 Å². The fourth-order valence-electron chi connectivity index (χ4n) is 12.6. The number of amides is 3. The van der Waals surface area contributed by atoms with Crippen LogP contribution >= 0.6 is 34.8 Å². The summed E-state index contributed by atoms with van der Waals surface area (Å²) >= 11 is 18.5. The first-order chi connectivity index (χ1) is 39.4. The van der Waals surface area contributed by atoms with Gasteiger partial charge in [0.2, 0.25) is 0 Å². The van der Waals surface area contributed by atoms with Crippen LogP contribution in [0.2, 0.25) is 15.1 Å². The lowest BCUT2D eigenvalue weighted by molar-refractivity contribution is 0.0921. The number of nitrogens with one attached hydrogen (secondary N) is 3. The summed E-state index contributed by atoms with van der Waals surface area (Å²) in [5.41, 5.74) is 7.23. The van der Waals surface area contributed by atoms with Crippen LogP contribution in [0.4, 0.5) is 0 Å². The summed E-state index contributed by atoms with van der Waals surface area (Å²) in [6, 6.07) is 60.8. The van der Waals surface area contributed by atoms with Gasteiger partial charge >= 0.3 is 0 Å². The van der Waals surface area contributed by atoms with Crippen LogP contribution in [-0.4, -0.2) is 111 Å². The predicted molar refractivity (Wildman–Crippen MR) is 330 cm³/mol. The van der Waals surface area contributed by atoms with Gasteiger partial charge < -0.3 is 30.7 Å². The van der Waals surface area contributed by atoms with Crippen molar-refractivity contribution in [3.05, 3.63) is 247 Å². The maximum atomic E-state index is 14.8. The zero-order valence-electron chi connectivity index (χ0n) is 46.4. The summed E-state index contributed by atoms with van der Waals surface area (Å²) in [5, 5.41) is 12.2. The van der Waals surface area contributed by atoms with Crippen LogP contribution in [0.5, 0.6) is 0 Å². The first-order valence-electron chi connectivity index (χ1n) is 29.0. The number of likely N-dealkylation sites (tertiary alicyclic amines) is 3. The zero-order valence-corrected chi connectivity index (χ0v) is 48.6. The van der Waals surface area contributed by atoms with E-state index in [1.54, 1.807) is 18.2 Å². The molecule has 0 spiro atoms. The van der Waals surface area contributed by atoms with E-state index in [1.807, 2.05) is 54.6 Å². The van der Waals surface area contributed by atoms with Crippen molar-refractivity contribution < 1.29 is 14.4 Å². The van der Waals surface area contributed by atoms with Gasteiger partial charge in [0.05, 0.1) is 0 Å². The summed E-state index contributed by atoms with van der Waals surface area (Å²) in [6.07, 6.45) is 7.97. The van der Waals surface area contributed by atoms with Crippen LogP contribution < -0.4 is 16.0 Å². The van der Waals surface area contributed by atoms with E-state index in [-0.39, 0.29) is 50.7 Å². The lowest BCUT2D eigenvalue weighted by atomic mass is 9.72. The number of nitrogens with zero attached hydrogens (tertiary/aromatic N) is 3. The van der Waals surface area contributed by atoms with Crippen molar-refractivity contribution in [3.63, 3.8) is 0 Å². The molecular formula is C69H75Cl3N6O3. The summed E-state index contributed by atoms with van der Waals surface area (Å²) in [6.45, 7) is 9.34. The number of carbonyl (C=O) groups is 3. The molecule has 9 nitrogen and oxygen atoms in total. The van der Waals surface area contributed by atoms with Crippen molar-refractivity contribution >= 4 is 52.5 Å². The van der Waals surface area contributed by atoms with E-state index in [4.69, 9.17) is 34.8 Å². The standard InChI is InChI=1S/C69H75Cl3N6O3/c70-61-22-16-52(17-23-61)28-37-76-40-31-67(32-41-76,58-10-4-1-5-11-58)49-73-64(79)55-46-56(65(80)74-50-68(59-12-6-2-7-13-59)33-42-77(43-34-68)38-29-53-18-24-62(71)25-19-53)48-57(47-55)66(81)75-51-69(60-14-8-3-9-15-60)35-44-78(45-36-69)39-30-54-20-26-63(72)27-21-54/h1-27,46-48H,28-45,49-51H2,(H,73,79)(H,74,80)(H,75,81). The maximum absolute atomic E-state index is 14.8. The maximum Gasteiger partial charge on any atom is 0.251 e. The topological polar surface area (TPSA) is 97.0 Å². The minimum absolute atomic E-state index is 0.273. The molecule has 7 aromatic rings. The van der Waals surface area contributed by atoms with Crippen LogP contribution in [0.15, 0.2) is 182 Å². The van der Waals surface area contributed by atoms with Crippen molar-refractivity contribution in [2.45, 2.75) is 74.0 Å². The number of rotatable bonds is 21. The molecule has 81 heavy (non-hydrogen) atoms. The first-order valence-corrected chi connectivity index (χ1v) is 30.1. The molecule has 3 N–H and O–H groups in total. The van der Waals surface area contributed by atoms with Gasteiger partial charge in [-0.1, -0.05) is 162 Å². The van der Waals surface area contributed by atoms with Crippen LogP contribution in [0.3, 0.4) is 0 Å². The van der Waals surface area contributed by atoms with Crippen molar-refractivity contribution in [1.29, 1.82) is 0 Å². The first kappa shape index (κ1) is 57.9. The van der Waals surface area contributed by atoms with E-state index in [0.29, 0.717) is 19.6 Å². The summed E-state index contributed by atoms with van der Waals surface area (Å²) in [4.78, 5) is 51.9. The minimum atomic E-state index is -0.322. The van der Waals surface area contributed by atoms with Crippen LogP contribution in [0.25, 0.3) is 0 Å². The summed E-state index contributed by atoms with van der Waals surface area (Å²) in [7, 11) is 0. The van der Waals surface area contributed by atoms with Gasteiger partial charge in [-0.2, -0.15) is 0 Å². The molecule has 3 heterocycles. The molecule has 3 saturated heterocycles. The van der Waals surface area contributed by atoms with Gasteiger partial charge in [0.15, 0.2) is 0 Å². The highest BCUT2D eigenvalue weighted by molar-refractivity contribution is 6.31. The molecule has 0 aromatic heterocycles. The van der Waals surface area contributed by atoms with Crippen LogP contribution in [-0.2, 0) is 35.5 Å². The second kappa shape index (κ2) is 27.2. The molecule has 3 aliphatic rings. The van der Waals surface area contributed by atoms with E-state index in [0.717, 1.165) is 132 Å². The second-order valence-electron chi connectivity index (χ2n) is 22.9. The minimum Gasteiger partial charge on any atom is -0.351 e. The van der Waals surface area contributed by atoms with Crippen molar-refractivity contribution in [3.8, 4) is 0 Å². The average Bonchev–Trinajstić information content (AvgIpc) is 3.61. The molecule has 10 rings (SSSR count). The fraction of sp³-hybridized carbons (Fsp3) is 0.348. The molecule has 7 aromatic carbocycles. The Kier molecular flexibility index (Phi) is 19.4. The molecule has 0 bridgehead atoms.